The van der Waals surface area contributed by atoms with Crippen LogP contribution in [-0.2, 0) is 0 Å². The number of nitrogens with two attached hydrogens (primary N) is 1. The molecule has 3 heteroatoms. The minimum Gasteiger partial charge on any atom is -0.496 e. The fourth-order valence-electron chi connectivity index (χ4n) is 2.66. The number of hydrogen-bond donors (Lipinski definition) is 1. The summed E-state index contributed by atoms with van der Waals surface area (Å²) in [5, 5.41) is 0. The van der Waals surface area contributed by atoms with Gasteiger partial charge in [-0.2, -0.15) is 0 Å². The van der Waals surface area contributed by atoms with Gasteiger partial charge in [-0.3, -0.25) is 0 Å². The summed E-state index contributed by atoms with van der Waals surface area (Å²) >= 11 is 0. The van der Waals surface area contributed by atoms with Crippen LogP contribution in [0, 0.1) is 5.92 Å². The lowest BCUT2D eigenvalue weighted by Crippen LogP contribution is -2.30. The van der Waals surface area contributed by atoms with Gasteiger partial charge in [0.1, 0.15) is 5.75 Å². The van der Waals surface area contributed by atoms with E-state index in [1.165, 1.54) is 24.9 Å². The van der Waals surface area contributed by atoms with E-state index in [9.17, 15) is 0 Å². The van der Waals surface area contributed by atoms with Crippen molar-refractivity contribution in [3.8, 4) is 5.75 Å². The van der Waals surface area contributed by atoms with Gasteiger partial charge in [0.05, 0.1) is 7.11 Å². The Morgan fingerprint density at radius 2 is 2.17 bits per heavy atom. The van der Waals surface area contributed by atoms with E-state index in [1.807, 2.05) is 19.1 Å². The molecule has 0 spiro atoms. The molecule has 1 fully saturated rings. The molecule has 2 rings (SSSR count). The smallest absolute Gasteiger partial charge is 0.125 e. The van der Waals surface area contributed by atoms with Crippen molar-refractivity contribution < 1.29 is 4.74 Å². The molecule has 0 saturated heterocycles. The van der Waals surface area contributed by atoms with Crippen molar-refractivity contribution in [2.75, 3.05) is 25.6 Å². The van der Waals surface area contributed by atoms with E-state index in [0.717, 1.165) is 23.8 Å². The molecule has 0 aliphatic heterocycles. The molecule has 18 heavy (non-hydrogen) atoms. The predicted octanol–water partition coefficient (Wildman–Crippen LogP) is 2.95. The van der Waals surface area contributed by atoms with Crippen LogP contribution < -0.4 is 15.4 Å². The fraction of sp³-hybridized carbons (Fsp3) is 0.600. The summed E-state index contributed by atoms with van der Waals surface area (Å²) in [7, 11) is 3.86. The Balaban J connectivity index is 2.24. The molecule has 2 N–H and O–H groups in total. The summed E-state index contributed by atoms with van der Waals surface area (Å²) in [5.74, 6) is 1.74. The highest BCUT2D eigenvalue weighted by molar-refractivity contribution is 5.60. The van der Waals surface area contributed by atoms with Crippen LogP contribution in [0.3, 0.4) is 0 Å². The van der Waals surface area contributed by atoms with Gasteiger partial charge in [-0.15, -0.1) is 0 Å². The predicted molar refractivity (Wildman–Crippen MR) is 76.2 cm³/mol. The summed E-state index contributed by atoms with van der Waals surface area (Å²) in [5.41, 5.74) is 8.42. The first-order chi connectivity index (χ1) is 8.63. The van der Waals surface area contributed by atoms with Crippen LogP contribution in [0.1, 0.15) is 37.8 Å². The van der Waals surface area contributed by atoms with Crippen molar-refractivity contribution in [2.45, 2.75) is 32.2 Å². The summed E-state index contributed by atoms with van der Waals surface area (Å²) in [6.07, 6.45) is 4.11. The van der Waals surface area contributed by atoms with E-state index in [-0.39, 0.29) is 6.04 Å². The first-order valence-corrected chi connectivity index (χ1v) is 6.77. The molecule has 1 aromatic rings. The lowest BCUT2D eigenvalue weighted by molar-refractivity contribution is 0.321. The maximum Gasteiger partial charge on any atom is 0.125 e. The lowest BCUT2D eigenvalue weighted by Gasteiger charge is -2.33. The van der Waals surface area contributed by atoms with Crippen molar-refractivity contribution in [2.24, 2.45) is 11.7 Å². The third-order valence-electron chi connectivity index (χ3n) is 3.89. The minimum absolute atomic E-state index is 0.0139. The third-order valence-corrected chi connectivity index (χ3v) is 3.89. The van der Waals surface area contributed by atoms with Crippen molar-refractivity contribution in [1.82, 2.24) is 0 Å². The summed E-state index contributed by atoms with van der Waals surface area (Å²) < 4.78 is 5.44. The maximum atomic E-state index is 6.10. The van der Waals surface area contributed by atoms with Crippen LogP contribution in [0.25, 0.3) is 0 Å². The van der Waals surface area contributed by atoms with Gasteiger partial charge < -0.3 is 15.4 Å². The van der Waals surface area contributed by atoms with Crippen LogP contribution in [0.4, 0.5) is 5.69 Å². The Kier molecular flexibility index (Phi) is 4.12. The SMILES string of the molecule is COc1cccc(N(C)CC2CCC2)c1C(C)N. The molecule has 1 aliphatic carbocycles. The third kappa shape index (κ3) is 2.61. The molecule has 0 heterocycles. The highest BCUT2D eigenvalue weighted by Gasteiger charge is 2.22. The largest absolute Gasteiger partial charge is 0.496 e. The normalized spacial score (nSPS) is 17.1. The average Bonchev–Trinajstić information content (AvgIpc) is 2.32. The minimum atomic E-state index is -0.0139. The first kappa shape index (κ1) is 13.2. The van der Waals surface area contributed by atoms with Gasteiger partial charge in [-0.05, 0) is 37.8 Å². The maximum absolute atomic E-state index is 6.10. The van der Waals surface area contributed by atoms with E-state index in [1.54, 1.807) is 7.11 Å². The Morgan fingerprint density at radius 3 is 2.67 bits per heavy atom. The Morgan fingerprint density at radius 1 is 1.44 bits per heavy atom. The molecular weight excluding hydrogens is 224 g/mol. The van der Waals surface area contributed by atoms with Crippen LogP contribution in [-0.4, -0.2) is 20.7 Å². The summed E-state index contributed by atoms with van der Waals surface area (Å²) in [6, 6.07) is 6.15. The van der Waals surface area contributed by atoms with Gasteiger partial charge >= 0.3 is 0 Å². The van der Waals surface area contributed by atoms with Gasteiger partial charge in [0, 0.05) is 30.9 Å². The average molecular weight is 248 g/mol. The van der Waals surface area contributed by atoms with Crippen molar-refractivity contribution in [3.63, 3.8) is 0 Å². The second-order valence-corrected chi connectivity index (χ2v) is 5.36. The Bertz CT molecular complexity index is 399. The van der Waals surface area contributed by atoms with Gasteiger partial charge in [0.15, 0.2) is 0 Å². The number of nitrogens with zero attached hydrogens (tertiary/aromatic N) is 1. The number of methoxy groups -OCH3 is 1. The van der Waals surface area contributed by atoms with Crippen LogP contribution in [0.2, 0.25) is 0 Å². The zero-order chi connectivity index (χ0) is 13.1. The fourth-order valence-corrected chi connectivity index (χ4v) is 2.66. The number of hydrogen-bond acceptors (Lipinski definition) is 3. The van der Waals surface area contributed by atoms with E-state index >= 15 is 0 Å². The highest BCUT2D eigenvalue weighted by Crippen LogP contribution is 2.35. The molecule has 0 amide bonds. The molecule has 3 nitrogen and oxygen atoms in total. The molecule has 1 atom stereocenters. The molecule has 0 aromatic heterocycles. The van der Waals surface area contributed by atoms with Gasteiger partial charge in [-0.1, -0.05) is 12.5 Å². The highest BCUT2D eigenvalue weighted by atomic mass is 16.5. The molecule has 0 bridgehead atoms. The first-order valence-electron chi connectivity index (χ1n) is 6.77. The zero-order valence-corrected chi connectivity index (χ0v) is 11.6. The van der Waals surface area contributed by atoms with Crippen molar-refractivity contribution in [1.29, 1.82) is 0 Å². The molecule has 0 radical (unpaired) electrons. The second kappa shape index (κ2) is 5.61. The van der Waals surface area contributed by atoms with Crippen LogP contribution in [0.15, 0.2) is 18.2 Å². The number of rotatable bonds is 5. The standard InChI is InChI=1S/C15H24N2O/c1-11(16)15-13(8-5-9-14(15)18-3)17(2)10-12-6-4-7-12/h5,8-9,11-12H,4,6-7,10,16H2,1-3H3. The van der Waals surface area contributed by atoms with E-state index in [0.29, 0.717) is 0 Å². The molecule has 1 aromatic carbocycles. The van der Waals surface area contributed by atoms with Crippen LogP contribution in [0.5, 0.6) is 5.75 Å². The van der Waals surface area contributed by atoms with Crippen LogP contribution >= 0.6 is 0 Å². The Hall–Kier alpha value is -1.22. The number of ether oxygens (including phenoxy) is 1. The summed E-state index contributed by atoms with van der Waals surface area (Å²) in [4.78, 5) is 2.32. The number of anilines is 1. The van der Waals surface area contributed by atoms with E-state index < -0.39 is 0 Å². The second-order valence-electron chi connectivity index (χ2n) is 5.36. The van der Waals surface area contributed by atoms with Crippen molar-refractivity contribution >= 4 is 5.69 Å². The molecule has 1 aliphatic rings. The lowest BCUT2D eigenvalue weighted by atomic mass is 9.85. The van der Waals surface area contributed by atoms with E-state index in [4.69, 9.17) is 10.5 Å². The van der Waals surface area contributed by atoms with E-state index in [2.05, 4.69) is 18.0 Å². The molecule has 1 saturated carbocycles. The molecule has 1 unspecified atom stereocenters. The topological polar surface area (TPSA) is 38.5 Å². The zero-order valence-electron chi connectivity index (χ0n) is 11.6. The van der Waals surface area contributed by atoms with Crippen molar-refractivity contribution in [3.05, 3.63) is 23.8 Å². The molecule has 100 valence electrons. The summed E-state index contributed by atoms with van der Waals surface area (Å²) in [6.45, 7) is 3.13. The van der Waals surface area contributed by atoms with Gasteiger partial charge in [0.2, 0.25) is 0 Å². The van der Waals surface area contributed by atoms with Gasteiger partial charge in [0.25, 0.3) is 0 Å². The number of benzene rings is 1. The monoisotopic (exact) mass is 248 g/mol. The Labute approximate surface area is 110 Å². The van der Waals surface area contributed by atoms with Gasteiger partial charge in [-0.25, -0.2) is 0 Å². The quantitative estimate of drug-likeness (QED) is 0.870. The molecular formula is C15H24N2O.